The summed E-state index contributed by atoms with van der Waals surface area (Å²) in [6.07, 6.45) is 1.99. The van der Waals surface area contributed by atoms with Crippen molar-refractivity contribution in [2.75, 3.05) is 0 Å². The molecule has 2 nitrogen and oxygen atoms in total. The topological polar surface area (TPSA) is 38.0 Å². The summed E-state index contributed by atoms with van der Waals surface area (Å²) in [6.45, 7) is 1.92. The number of rotatable bonds is 2. The van der Waals surface area contributed by atoms with Gasteiger partial charge in [0.25, 0.3) is 0 Å². The molecule has 0 aromatic heterocycles. The van der Waals surface area contributed by atoms with Gasteiger partial charge in [-0.05, 0) is 18.6 Å². The lowest BCUT2D eigenvalue weighted by Crippen LogP contribution is -2.18. The molecule has 0 heterocycles. The molecular formula is C9H12N2. The van der Waals surface area contributed by atoms with E-state index in [4.69, 9.17) is 5.84 Å². The fourth-order valence-electron chi connectivity index (χ4n) is 0.841. The third kappa shape index (κ3) is 2.43. The number of benzene rings is 1. The van der Waals surface area contributed by atoms with Crippen LogP contribution in [0.2, 0.25) is 0 Å². The van der Waals surface area contributed by atoms with E-state index >= 15 is 0 Å². The largest absolute Gasteiger partial charge is 0.329 e. The summed E-state index contributed by atoms with van der Waals surface area (Å²) in [5, 5.41) is 0. The molecule has 0 fully saturated rings. The minimum atomic E-state index is 0.955. The second-order valence-corrected chi connectivity index (χ2v) is 2.38. The van der Waals surface area contributed by atoms with Crippen LogP contribution >= 0.6 is 0 Å². The third-order valence-electron chi connectivity index (χ3n) is 1.41. The fourth-order valence-corrected chi connectivity index (χ4v) is 0.841. The van der Waals surface area contributed by atoms with E-state index in [0.29, 0.717) is 0 Å². The Kier molecular flexibility index (Phi) is 2.69. The number of hydrogen-bond donors (Lipinski definition) is 2. The zero-order valence-electron chi connectivity index (χ0n) is 6.54. The van der Waals surface area contributed by atoms with Gasteiger partial charge in [-0.1, -0.05) is 30.3 Å². The molecule has 1 rings (SSSR count). The van der Waals surface area contributed by atoms with Crippen molar-refractivity contribution < 1.29 is 0 Å². The van der Waals surface area contributed by atoms with Gasteiger partial charge >= 0.3 is 0 Å². The van der Waals surface area contributed by atoms with E-state index < -0.39 is 0 Å². The average Bonchev–Trinajstić information content (AvgIpc) is 2.06. The van der Waals surface area contributed by atoms with E-state index in [1.54, 1.807) is 0 Å². The van der Waals surface area contributed by atoms with Crippen LogP contribution in [0.15, 0.2) is 36.0 Å². The molecule has 2 heteroatoms. The standard InChI is InChI=1S/C9H12N2/c1-8(11-10)7-9-5-3-2-4-6-9/h2-7,11H,10H2,1H3. The number of hydrogen-bond acceptors (Lipinski definition) is 2. The maximum atomic E-state index is 5.20. The van der Waals surface area contributed by atoms with Crippen LogP contribution in [-0.2, 0) is 0 Å². The van der Waals surface area contributed by atoms with Crippen LogP contribution in [0.5, 0.6) is 0 Å². The van der Waals surface area contributed by atoms with Gasteiger partial charge in [0.2, 0.25) is 0 Å². The predicted molar refractivity (Wildman–Crippen MR) is 47.4 cm³/mol. The van der Waals surface area contributed by atoms with Crippen molar-refractivity contribution >= 4 is 6.08 Å². The molecule has 0 aliphatic rings. The molecule has 0 aliphatic carbocycles. The van der Waals surface area contributed by atoms with Gasteiger partial charge in [0.1, 0.15) is 0 Å². The van der Waals surface area contributed by atoms with Crippen molar-refractivity contribution in [2.45, 2.75) is 6.92 Å². The Hall–Kier alpha value is -1.28. The monoisotopic (exact) mass is 148 g/mol. The zero-order chi connectivity index (χ0) is 8.10. The van der Waals surface area contributed by atoms with E-state index in [-0.39, 0.29) is 0 Å². The lowest BCUT2D eigenvalue weighted by Gasteiger charge is -1.97. The van der Waals surface area contributed by atoms with Crippen LogP contribution < -0.4 is 11.3 Å². The molecule has 0 atom stereocenters. The van der Waals surface area contributed by atoms with Gasteiger partial charge in [-0.15, -0.1) is 0 Å². The highest BCUT2D eigenvalue weighted by Crippen LogP contribution is 2.02. The predicted octanol–water partition coefficient (Wildman–Crippen LogP) is 1.51. The van der Waals surface area contributed by atoms with Crippen LogP contribution in [0, 0.1) is 0 Å². The Morgan fingerprint density at radius 3 is 2.55 bits per heavy atom. The molecule has 0 saturated carbocycles. The number of allylic oxidation sites excluding steroid dienone is 1. The quantitative estimate of drug-likeness (QED) is 0.493. The zero-order valence-corrected chi connectivity index (χ0v) is 6.54. The molecule has 1 aromatic carbocycles. The average molecular weight is 148 g/mol. The minimum Gasteiger partial charge on any atom is -0.329 e. The lowest BCUT2D eigenvalue weighted by molar-refractivity contribution is 0.895. The molecule has 0 aliphatic heterocycles. The summed E-state index contributed by atoms with van der Waals surface area (Å²) in [5.41, 5.74) is 4.68. The lowest BCUT2D eigenvalue weighted by atomic mass is 10.2. The van der Waals surface area contributed by atoms with Gasteiger partial charge < -0.3 is 5.43 Å². The van der Waals surface area contributed by atoms with Crippen molar-refractivity contribution in [2.24, 2.45) is 5.84 Å². The molecule has 0 amide bonds. The first-order valence-electron chi connectivity index (χ1n) is 3.53. The second kappa shape index (κ2) is 3.78. The van der Waals surface area contributed by atoms with E-state index in [2.05, 4.69) is 5.43 Å². The van der Waals surface area contributed by atoms with Gasteiger partial charge in [0.15, 0.2) is 0 Å². The normalized spacial score (nSPS) is 11.3. The van der Waals surface area contributed by atoms with Gasteiger partial charge in [0, 0.05) is 5.70 Å². The molecule has 58 valence electrons. The van der Waals surface area contributed by atoms with Crippen molar-refractivity contribution in [1.82, 2.24) is 5.43 Å². The van der Waals surface area contributed by atoms with Gasteiger partial charge in [-0.25, -0.2) is 0 Å². The van der Waals surface area contributed by atoms with E-state index in [1.165, 1.54) is 0 Å². The van der Waals surface area contributed by atoms with E-state index in [1.807, 2.05) is 43.3 Å². The molecule has 3 N–H and O–H groups in total. The summed E-state index contributed by atoms with van der Waals surface area (Å²) in [6, 6.07) is 10.0. The molecule has 0 spiro atoms. The molecular weight excluding hydrogens is 136 g/mol. The van der Waals surface area contributed by atoms with Crippen molar-refractivity contribution in [1.29, 1.82) is 0 Å². The van der Waals surface area contributed by atoms with Crippen LogP contribution in [0.4, 0.5) is 0 Å². The first kappa shape index (κ1) is 7.82. The second-order valence-electron chi connectivity index (χ2n) is 2.38. The van der Waals surface area contributed by atoms with Crippen molar-refractivity contribution in [3.05, 3.63) is 41.6 Å². The SMILES string of the molecule is CC(=Cc1ccccc1)NN. The molecule has 0 radical (unpaired) electrons. The first-order chi connectivity index (χ1) is 5.33. The fraction of sp³-hybridized carbons (Fsp3) is 0.111. The van der Waals surface area contributed by atoms with Gasteiger partial charge in [-0.3, -0.25) is 5.84 Å². The minimum absolute atomic E-state index is 0.955. The third-order valence-corrected chi connectivity index (χ3v) is 1.41. The Labute approximate surface area is 66.7 Å². The van der Waals surface area contributed by atoms with Crippen LogP contribution in [0.25, 0.3) is 6.08 Å². The summed E-state index contributed by atoms with van der Waals surface area (Å²) in [4.78, 5) is 0. The Morgan fingerprint density at radius 1 is 1.36 bits per heavy atom. The number of nitrogens with one attached hydrogen (secondary N) is 1. The van der Waals surface area contributed by atoms with Crippen LogP contribution in [0.3, 0.4) is 0 Å². The maximum absolute atomic E-state index is 5.20. The maximum Gasteiger partial charge on any atom is 0.0234 e. The molecule has 0 bridgehead atoms. The Morgan fingerprint density at radius 2 is 2.00 bits per heavy atom. The van der Waals surface area contributed by atoms with Crippen molar-refractivity contribution in [3.63, 3.8) is 0 Å². The summed E-state index contributed by atoms with van der Waals surface area (Å²) in [5.74, 6) is 5.20. The van der Waals surface area contributed by atoms with Crippen LogP contribution in [-0.4, -0.2) is 0 Å². The molecule has 1 aromatic rings. The highest BCUT2D eigenvalue weighted by atomic mass is 15.2. The molecule has 0 unspecified atom stereocenters. The Bertz CT molecular complexity index is 239. The highest BCUT2D eigenvalue weighted by Gasteiger charge is 1.85. The highest BCUT2D eigenvalue weighted by molar-refractivity contribution is 5.51. The van der Waals surface area contributed by atoms with Crippen molar-refractivity contribution in [3.8, 4) is 0 Å². The summed E-state index contributed by atoms with van der Waals surface area (Å²) >= 11 is 0. The summed E-state index contributed by atoms with van der Waals surface area (Å²) in [7, 11) is 0. The van der Waals surface area contributed by atoms with E-state index in [0.717, 1.165) is 11.3 Å². The van der Waals surface area contributed by atoms with E-state index in [9.17, 15) is 0 Å². The molecule has 0 saturated heterocycles. The van der Waals surface area contributed by atoms with Gasteiger partial charge in [0.05, 0.1) is 0 Å². The molecule has 11 heavy (non-hydrogen) atoms. The van der Waals surface area contributed by atoms with Crippen LogP contribution in [0.1, 0.15) is 12.5 Å². The van der Waals surface area contributed by atoms with Gasteiger partial charge in [-0.2, -0.15) is 0 Å². The number of nitrogens with two attached hydrogens (primary N) is 1. The smallest absolute Gasteiger partial charge is 0.0234 e. The summed E-state index contributed by atoms with van der Waals surface area (Å²) < 4.78 is 0. The Balaban J connectivity index is 2.79. The number of hydrazine groups is 1. The first-order valence-corrected chi connectivity index (χ1v) is 3.53.